The first-order chi connectivity index (χ1) is 7.44. The van der Waals surface area contributed by atoms with Crippen LogP contribution in [0.15, 0.2) is 29.4 Å². The van der Waals surface area contributed by atoms with Crippen LogP contribution < -0.4 is 0 Å². The number of halogens is 1. The van der Waals surface area contributed by atoms with Gasteiger partial charge in [-0.3, -0.25) is 4.98 Å². The first-order valence-corrected chi connectivity index (χ1v) is 7.30. The number of rotatable bonds is 5. The molecule has 1 aromatic rings. The molecule has 0 aliphatic heterocycles. The molecule has 0 aliphatic carbocycles. The van der Waals surface area contributed by atoms with Crippen molar-refractivity contribution in [2.45, 2.75) is 23.1 Å². The van der Waals surface area contributed by atoms with Gasteiger partial charge in [-0.1, -0.05) is 22.9 Å². The molecule has 0 N–H and O–H groups in total. The Bertz CT molecular complexity index is 420. The molecule has 6 heteroatoms. The van der Waals surface area contributed by atoms with Crippen molar-refractivity contribution in [2.24, 2.45) is 0 Å². The van der Waals surface area contributed by atoms with Crippen molar-refractivity contribution in [2.75, 3.05) is 13.6 Å². The fourth-order valence-electron chi connectivity index (χ4n) is 1.16. The van der Waals surface area contributed by atoms with Gasteiger partial charge in [0.05, 0.1) is 0 Å². The maximum Gasteiger partial charge on any atom is 0.244 e. The van der Waals surface area contributed by atoms with Crippen LogP contribution in [0.4, 0.5) is 0 Å². The van der Waals surface area contributed by atoms with Crippen molar-refractivity contribution in [3.8, 4) is 0 Å². The number of hydrogen-bond acceptors (Lipinski definition) is 3. The van der Waals surface area contributed by atoms with E-state index in [1.54, 1.807) is 25.4 Å². The van der Waals surface area contributed by atoms with E-state index in [2.05, 4.69) is 20.9 Å². The molecule has 90 valence electrons. The van der Waals surface area contributed by atoms with E-state index in [-0.39, 0.29) is 4.90 Å². The highest BCUT2D eigenvalue weighted by Gasteiger charge is 2.20. The number of aromatic nitrogens is 1. The average molecular weight is 307 g/mol. The minimum Gasteiger partial charge on any atom is -0.263 e. The molecule has 1 atom stereocenters. The van der Waals surface area contributed by atoms with E-state index >= 15 is 0 Å². The largest absolute Gasteiger partial charge is 0.263 e. The Balaban J connectivity index is 2.79. The lowest BCUT2D eigenvalue weighted by Gasteiger charge is -2.17. The molecule has 1 heterocycles. The molecule has 0 saturated heterocycles. The SMILES string of the molecule is CC(Br)CCN(C)S(=O)(=O)c1cccnc1. The highest BCUT2D eigenvalue weighted by Crippen LogP contribution is 2.14. The van der Waals surface area contributed by atoms with Crippen LogP contribution in [0.5, 0.6) is 0 Å². The zero-order chi connectivity index (χ0) is 12.2. The molecule has 0 bridgehead atoms. The van der Waals surface area contributed by atoms with Gasteiger partial charge in [0.2, 0.25) is 10.0 Å². The van der Waals surface area contributed by atoms with Crippen molar-refractivity contribution in [3.63, 3.8) is 0 Å². The molecule has 1 aromatic heterocycles. The smallest absolute Gasteiger partial charge is 0.244 e. The van der Waals surface area contributed by atoms with E-state index in [9.17, 15) is 8.42 Å². The van der Waals surface area contributed by atoms with Gasteiger partial charge in [0, 0.05) is 30.8 Å². The number of pyridine rings is 1. The Hall–Kier alpha value is -0.460. The standard InChI is InChI=1S/C10H15BrN2O2S/c1-9(11)5-7-13(2)16(14,15)10-4-3-6-12-8-10/h3-4,6,8-9H,5,7H2,1-2H3. The number of sulfonamides is 1. The van der Waals surface area contributed by atoms with Crippen LogP contribution >= 0.6 is 15.9 Å². The third-order valence-electron chi connectivity index (χ3n) is 2.18. The van der Waals surface area contributed by atoms with E-state index in [4.69, 9.17) is 0 Å². The Labute approximate surface area is 105 Å². The third-order valence-corrected chi connectivity index (χ3v) is 4.48. The number of nitrogens with zero attached hydrogens (tertiary/aromatic N) is 2. The van der Waals surface area contributed by atoms with Crippen molar-refractivity contribution in [3.05, 3.63) is 24.5 Å². The molecule has 0 fully saturated rings. The van der Waals surface area contributed by atoms with Gasteiger partial charge in [0.15, 0.2) is 0 Å². The van der Waals surface area contributed by atoms with E-state index in [1.165, 1.54) is 10.5 Å². The van der Waals surface area contributed by atoms with Crippen molar-refractivity contribution < 1.29 is 8.42 Å². The molecular formula is C10H15BrN2O2S. The van der Waals surface area contributed by atoms with E-state index < -0.39 is 10.0 Å². The van der Waals surface area contributed by atoms with Crippen LogP contribution in [0, 0.1) is 0 Å². The third kappa shape index (κ3) is 3.54. The zero-order valence-corrected chi connectivity index (χ0v) is 11.7. The normalized spacial score (nSPS) is 14.0. The van der Waals surface area contributed by atoms with Gasteiger partial charge in [0.25, 0.3) is 0 Å². The summed E-state index contributed by atoms with van der Waals surface area (Å²) in [5.41, 5.74) is 0. The molecule has 0 saturated carbocycles. The van der Waals surface area contributed by atoms with Crippen molar-refractivity contribution in [1.29, 1.82) is 0 Å². The summed E-state index contributed by atoms with van der Waals surface area (Å²) in [5, 5.41) is 0. The maximum atomic E-state index is 12.0. The number of hydrogen-bond donors (Lipinski definition) is 0. The second kappa shape index (κ2) is 5.75. The van der Waals surface area contributed by atoms with E-state index in [0.717, 1.165) is 6.42 Å². The summed E-state index contributed by atoms with van der Waals surface area (Å²) >= 11 is 3.39. The highest BCUT2D eigenvalue weighted by atomic mass is 79.9. The second-order valence-electron chi connectivity index (χ2n) is 3.58. The van der Waals surface area contributed by atoms with Gasteiger partial charge >= 0.3 is 0 Å². The summed E-state index contributed by atoms with van der Waals surface area (Å²) in [6.07, 6.45) is 3.69. The molecule has 0 radical (unpaired) electrons. The van der Waals surface area contributed by atoms with Crippen LogP contribution in [0.2, 0.25) is 0 Å². The van der Waals surface area contributed by atoms with Crippen LogP contribution in [-0.2, 0) is 10.0 Å². The minimum atomic E-state index is -3.38. The predicted molar refractivity (Wildman–Crippen MR) is 67.1 cm³/mol. The molecule has 4 nitrogen and oxygen atoms in total. The van der Waals surface area contributed by atoms with Crippen molar-refractivity contribution in [1.82, 2.24) is 9.29 Å². The lowest BCUT2D eigenvalue weighted by Crippen LogP contribution is -2.29. The van der Waals surface area contributed by atoms with Gasteiger partial charge in [-0.2, -0.15) is 0 Å². The lowest BCUT2D eigenvalue weighted by molar-refractivity contribution is 0.462. The molecule has 0 amide bonds. The van der Waals surface area contributed by atoms with E-state index in [1.807, 2.05) is 6.92 Å². The summed E-state index contributed by atoms with van der Waals surface area (Å²) in [7, 11) is -1.80. The monoisotopic (exact) mass is 306 g/mol. The van der Waals surface area contributed by atoms with Crippen LogP contribution in [0.25, 0.3) is 0 Å². The molecule has 1 rings (SSSR count). The maximum absolute atomic E-state index is 12.0. The van der Waals surface area contributed by atoms with Gasteiger partial charge in [0.1, 0.15) is 4.90 Å². The van der Waals surface area contributed by atoms with Crippen LogP contribution in [-0.4, -0.2) is 36.1 Å². The zero-order valence-electron chi connectivity index (χ0n) is 9.30. The Kier molecular flexibility index (Phi) is 4.89. The van der Waals surface area contributed by atoms with Gasteiger partial charge in [-0.05, 0) is 18.6 Å². The molecule has 1 unspecified atom stereocenters. The molecular weight excluding hydrogens is 292 g/mol. The predicted octanol–water partition coefficient (Wildman–Crippen LogP) is 1.88. The van der Waals surface area contributed by atoms with Gasteiger partial charge < -0.3 is 0 Å². The Morgan fingerprint density at radius 2 is 2.25 bits per heavy atom. The lowest BCUT2D eigenvalue weighted by atomic mass is 10.3. The number of alkyl halides is 1. The quantitative estimate of drug-likeness (QED) is 0.780. The summed E-state index contributed by atoms with van der Waals surface area (Å²) < 4.78 is 25.4. The molecule has 0 aliphatic rings. The molecule has 16 heavy (non-hydrogen) atoms. The Morgan fingerprint density at radius 3 is 2.75 bits per heavy atom. The minimum absolute atomic E-state index is 0.236. The summed E-state index contributed by atoms with van der Waals surface area (Å²) in [4.78, 5) is 4.35. The molecule has 0 aromatic carbocycles. The second-order valence-corrected chi connectivity index (χ2v) is 7.19. The van der Waals surface area contributed by atoms with Gasteiger partial charge in [-0.15, -0.1) is 0 Å². The fourth-order valence-corrected chi connectivity index (χ4v) is 2.51. The summed E-state index contributed by atoms with van der Waals surface area (Å²) in [6, 6.07) is 3.17. The topological polar surface area (TPSA) is 50.3 Å². The highest BCUT2D eigenvalue weighted by molar-refractivity contribution is 9.09. The average Bonchev–Trinajstić information content (AvgIpc) is 2.27. The molecule has 0 spiro atoms. The first kappa shape index (κ1) is 13.6. The van der Waals surface area contributed by atoms with E-state index in [0.29, 0.717) is 11.4 Å². The first-order valence-electron chi connectivity index (χ1n) is 4.95. The summed E-state index contributed by atoms with van der Waals surface area (Å²) in [5.74, 6) is 0. The fraction of sp³-hybridized carbons (Fsp3) is 0.500. The summed E-state index contributed by atoms with van der Waals surface area (Å²) in [6.45, 7) is 2.48. The van der Waals surface area contributed by atoms with Gasteiger partial charge in [-0.25, -0.2) is 12.7 Å². The van der Waals surface area contributed by atoms with Crippen molar-refractivity contribution >= 4 is 26.0 Å². The Morgan fingerprint density at radius 1 is 1.56 bits per heavy atom. The van der Waals surface area contributed by atoms with Crippen LogP contribution in [0.1, 0.15) is 13.3 Å². The van der Waals surface area contributed by atoms with Crippen LogP contribution in [0.3, 0.4) is 0 Å².